The number of sulfonamides is 1. The summed E-state index contributed by atoms with van der Waals surface area (Å²) in [6.07, 6.45) is 1.69. The molecule has 9 heteroatoms. The fourth-order valence-electron chi connectivity index (χ4n) is 3.30. The molecular formula is C22H24N2O5S2. The molecule has 0 saturated heterocycles. The minimum absolute atomic E-state index is 0.0182. The molecule has 31 heavy (non-hydrogen) atoms. The first-order valence-electron chi connectivity index (χ1n) is 9.92. The Balaban J connectivity index is 1.62. The molecule has 1 N–H and O–H groups in total. The van der Waals surface area contributed by atoms with Gasteiger partial charge >= 0.3 is 0 Å². The highest BCUT2D eigenvalue weighted by molar-refractivity contribution is 7.89. The molecule has 2 aromatic carbocycles. The summed E-state index contributed by atoms with van der Waals surface area (Å²) in [5.74, 6) is 1.03. The molecule has 1 aliphatic carbocycles. The second-order valence-corrected chi connectivity index (χ2v) is 10.1. The molecule has 0 bridgehead atoms. The fraction of sp³-hybridized carbons (Fsp3) is 0.318. The van der Waals surface area contributed by atoms with Crippen molar-refractivity contribution in [2.45, 2.75) is 43.5 Å². The monoisotopic (exact) mass is 460 g/mol. The number of hydrogen-bond acceptors (Lipinski definition) is 7. The third-order valence-electron chi connectivity index (χ3n) is 5.01. The third kappa shape index (κ3) is 4.90. The number of thiazole rings is 1. The van der Waals surface area contributed by atoms with Crippen LogP contribution < -0.4 is 9.47 Å². The first kappa shape index (κ1) is 21.8. The molecule has 7 nitrogen and oxygen atoms in total. The van der Waals surface area contributed by atoms with E-state index in [0.717, 1.165) is 23.4 Å². The second kappa shape index (κ2) is 9.35. The summed E-state index contributed by atoms with van der Waals surface area (Å²) in [6.45, 7) is 0.269. The molecule has 0 aliphatic heterocycles. The number of methoxy groups -OCH3 is 1. The van der Waals surface area contributed by atoms with Crippen LogP contribution >= 0.6 is 11.3 Å². The van der Waals surface area contributed by atoms with Crippen molar-refractivity contribution in [3.05, 3.63) is 70.2 Å². The third-order valence-corrected chi connectivity index (χ3v) is 7.80. The normalized spacial score (nSPS) is 14.0. The number of aromatic nitrogens is 1. The molecule has 1 saturated carbocycles. The lowest BCUT2D eigenvalue weighted by molar-refractivity contribution is 0.269. The van der Waals surface area contributed by atoms with Crippen LogP contribution in [0.25, 0.3) is 0 Å². The molecule has 1 fully saturated rings. The van der Waals surface area contributed by atoms with Crippen molar-refractivity contribution in [1.82, 2.24) is 9.29 Å². The molecule has 1 heterocycles. The average molecular weight is 461 g/mol. The highest BCUT2D eigenvalue weighted by Gasteiger charge is 2.38. The summed E-state index contributed by atoms with van der Waals surface area (Å²) in [4.78, 5) is 4.59. The summed E-state index contributed by atoms with van der Waals surface area (Å²) in [5.41, 5.74) is 1.32. The Hall–Kier alpha value is -2.46. The fourth-order valence-corrected chi connectivity index (χ4v) is 5.68. The van der Waals surface area contributed by atoms with Crippen molar-refractivity contribution in [2.24, 2.45) is 0 Å². The van der Waals surface area contributed by atoms with Crippen LogP contribution in [0.4, 0.5) is 0 Å². The lowest BCUT2D eigenvalue weighted by atomic mass is 10.2. The summed E-state index contributed by atoms with van der Waals surface area (Å²) >= 11 is 1.40. The summed E-state index contributed by atoms with van der Waals surface area (Å²) in [5, 5.41) is 11.7. The Morgan fingerprint density at radius 2 is 1.94 bits per heavy atom. The molecule has 0 amide bonds. The Morgan fingerprint density at radius 1 is 1.16 bits per heavy atom. The van der Waals surface area contributed by atoms with E-state index in [4.69, 9.17) is 9.47 Å². The summed E-state index contributed by atoms with van der Waals surface area (Å²) in [7, 11) is -2.09. The van der Waals surface area contributed by atoms with Crippen LogP contribution in [0.2, 0.25) is 0 Å². The van der Waals surface area contributed by atoms with Gasteiger partial charge in [0.1, 0.15) is 11.6 Å². The van der Waals surface area contributed by atoms with Crippen molar-refractivity contribution in [1.29, 1.82) is 0 Å². The molecule has 0 atom stereocenters. The quantitative estimate of drug-likeness (QED) is 0.498. The second-order valence-electron chi connectivity index (χ2n) is 7.22. The van der Waals surface area contributed by atoms with Gasteiger partial charge in [-0.25, -0.2) is 13.4 Å². The van der Waals surface area contributed by atoms with E-state index < -0.39 is 10.0 Å². The molecule has 1 aliphatic rings. The highest BCUT2D eigenvalue weighted by Crippen LogP contribution is 2.38. The lowest BCUT2D eigenvalue weighted by Crippen LogP contribution is -2.32. The van der Waals surface area contributed by atoms with Crippen LogP contribution in [0, 0.1) is 0 Å². The standard InChI is InChI=1S/C22H24N2O5S2/c1-28-20-9-5-6-16(22(20)29-14-21-23-17(13-25)15-30-21)12-24(18-10-11-18)31(26,27)19-7-3-2-4-8-19/h2-9,15,18,25H,10-14H2,1H3. The molecule has 3 aromatic rings. The molecule has 0 radical (unpaired) electrons. The van der Waals surface area contributed by atoms with Crippen LogP contribution in [0.3, 0.4) is 0 Å². The number of nitrogens with zero attached hydrogens (tertiary/aromatic N) is 2. The van der Waals surface area contributed by atoms with E-state index in [2.05, 4.69) is 4.98 Å². The van der Waals surface area contributed by atoms with E-state index in [1.54, 1.807) is 53.2 Å². The van der Waals surface area contributed by atoms with Gasteiger partial charge in [0.05, 0.1) is 24.3 Å². The number of hydrogen-bond donors (Lipinski definition) is 1. The van der Waals surface area contributed by atoms with Crippen LogP contribution in [0.15, 0.2) is 58.8 Å². The topological polar surface area (TPSA) is 89.0 Å². The molecule has 0 unspecified atom stereocenters. The van der Waals surface area contributed by atoms with E-state index in [1.807, 2.05) is 12.1 Å². The number of aliphatic hydroxyl groups is 1. The van der Waals surface area contributed by atoms with Gasteiger partial charge in [-0.2, -0.15) is 4.31 Å². The van der Waals surface area contributed by atoms with Crippen LogP contribution in [0.1, 0.15) is 29.1 Å². The van der Waals surface area contributed by atoms with Crippen molar-refractivity contribution in [3.63, 3.8) is 0 Å². The van der Waals surface area contributed by atoms with Gasteiger partial charge in [0.2, 0.25) is 10.0 Å². The molecular weight excluding hydrogens is 436 g/mol. The van der Waals surface area contributed by atoms with Crippen molar-refractivity contribution in [2.75, 3.05) is 7.11 Å². The highest BCUT2D eigenvalue weighted by atomic mass is 32.2. The number of rotatable bonds is 10. The predicted octanol–water partition coefficient (Wildman–Crippen LogP) is 3.58. The zero-order chi connectivity index (χ0) is 21.8. The summed E-state index contributed by atoms with van der Waals surface area (Å²) < 4.78 is 39.7. The van der Waals surface area contributed by atoms with E-state index in [0.29, 0.717) is 17.2 Å². The Kier molecular flexibility index (Phi) is 6.57. The van der Waals surface area contributed by atoms with E-state index in [9.17, 15) is 13.5 Å². The minimum atomic E-state index is -3.64. The maximum Gasteiger partial charge on any atom is 0.243 e. The maximum absolute atomic E-state index is 13.3. The number of benzene rings is 2. The molecule has 164 valence electrons. The number of aliphatic hydroxyl groups excluding tert-OH is 1. The van der Waals surface area contributed by atoms with Crippen LogP contribution in [0.5, 0.6) is 11.5 Å². The Labute approximate surface area is 185 Å². The zero-order valence-electron chi connectivity index (χ0n) is 17.1. The van der Waals surface area contributed by atoms with Gasteiger partial charge in [-0.15, -0.1) is 11.3 Å². The molecule has 0 spiro atoms. The van der Waals surface area contributed by atoms with Gasteiger partial charge in [-0.3, -0.25) is 0 Å². The first-order valence-corrected chi connectivity index (χ1v) is 12.2. The van der Waals surface area contributed by atoms with Crippen molar-refractivity contribution < 1.29 is 23.0 Å². The van der Waals surface area contributed by atoms with Crippen molar-refractivity contribution in [3.8, 4) is 11.5 Å². The lowest BCUT2D eigenvalue weighted by Gasteiger charge is -2.24. The van der Waals surface area contributed by atoms with Gasteiger partial charge in [-0.1, -0.05) is 30.3 Å². The first-order chi connectivity index (χ1) is 15.0. The van der Waals surface area contributed by atoms with Gasteiger partial charge in [0.25, 0.3) is 0 Å². The Bertz CT molecular complexity index is 1130. The van der Waals surface area contributed by atoms with Crippen LogP contribution in [-0.4, -0.2) is 36.0 Å². The van der Waals surface area contributed by atoms with Crippen molar-refractivity contribution >= 4 is 21.4 Å². The zero-order valence-corrected chi connectivity index (χ0v) is 18.7. The van der Waals surface area contributed by atoms with E-state index in [-0.39, 0.29) is 30.7 Å². The van der Waals surface area contributed by atoms with Crippen LogP contribution in [-0.2, 0) is 29.8 Å². The number of para-hydroxylation sites is 1. The molecule has 4 rings (SSSR count). The smallest absolute Gasteiger partial charge is 0.243 e. The van der Waals surface area contributed by atoms with E-state index in [1.165, 1.54) is 11.3 Å². The largest absolute Gasteiger partial charge is 0.493 e. The number of ether oxygens (including phenoxy) is 2. The van der Waals surface area contributed by atoms with Gasteiger partial charge in [0.15, 0.2) is 11.5 Å². The minimum Gasteiger partial charge on any atom is -0.493 e. The van der Waals surface area contributed by atoms with E-state index >= 15 is 0 Å². The van der Waals surface area contributed by atoms with Gasteiger partial charge in [0, 0.05) is 23.5 Å². The maximum atomic E-state index is 13.3. The van der Waals surface area contributed by atoms with Gasteiger partial charge in [-0.05, 0) is 31.0 Å². The summed E-state index contributed by atoms with van der Waals surface area (Å²) in [6, 6.07) is 13.9. The molecule has 1 aromatic heterocycles. The predicted molar refractivity (Wildman–Crippen MR) is 118 cm³/mol. The SMILES string of the molecule is COc1cccc(CN(C2CC2)S(=O)(=O)c2ccccc2)c1OCc1nc(CO)cs1. The van der Waals surface area contributed by atoms with Gasteiger partial charge < -0.3 is 14.6 Å². The Morgan fingerprint density at radius 3 is 2.58 bits per heavy atom. The average Bonchev–Trinajstić information content (AvgIpc) is 3.53.